The van der Waals surface area contributed by atoms with E-state index >= 15 is 0 Å². The first-order valence-electron chi connectivity index (χ1n) is 9.96. The third-order valence-electron chi connectivity index (χ3n) is 5.54. The second kappa shape index (κ2) is 9.02. The summed E-state index contributed by atoms with van der Waals surface area (Å²) < 4.78 is 20.0. The van der Waals surface area contributed by atoms with Gasteiger partial charge in [0.05, 0.1) is 19.0 Å². The maximum Gasteiger partial charge on any atom is 0.237 e. The molecule has 1 N–H and O–H groups in total. The van der Waals surface area contributed by atoms with Crippen LogP contribution in [-0.4, -0.2) is 53.9 Å². The van der Waals surface area contributed by atoms with E-state index < -0.39 is 11.9 Å². The van der Waals surface area contributed by atoms with Gasteiger partial charge in [-0.1, -0.05) is 35.9 Å². The Balaban J connectivity index is 1.49. The minimum Gasteiger partial charge on any atom is -0.491 e. The molecule has 6 nitrogen and oxygen atoms in total. The lowest BCUT2D eigenvalue weighted by atomic mass is 10.1. The maximum atomic E-state index is 14.3. The first-order valence-corrected chi connectivity index (χ1v) is 10.3. The Morgan fingerprint density at radius 1 is 1.20 bits per heavy atom. The Morgan fingerprint density at radius 3 is 2.87 bits per heavy atom. The van der Waals surface area contributed by atoms with Gasteiger partial charge in [-0.25, -0.2) is 4.39 Å². The van der Waals surface area contributed by atoms with Gasteiger partial charge in [-0.05, 0) is 18.2 Å². The molecule has 2 heterocycles. The Bertz CT molecular complexity index is 935. The summed E-state index contributed by atoms with van der Waals surface area (Å²) in [5.74, 6) is -0.00520. The van der Waals surface area contributed by atoms with Crippen LogP contribution >= 0.6 is 11.6 Å². The Labute approximate surface area is 179 Å². The number of hydrogen-bond donors (Lipinski definition) is 1. The molecule has 2 aliphatic rings. The molecule has 0 bridgehead atoms. The van der Waals surface area contributed by atoms with Gasteiger partial charge in [0.2, 0.25) is 11.8 Å². The van der Waals surface area contributed by atoms with E-state index in [-0.39, 0.29) is 24.8 Å². The van der Waals surface area contributed by atoms with E-state index in [1.54, 1.807) is 17.0 Å². The molecule has 0 unspecified atom stereocenters. The number of fused-ring (bicyclic) bond motifs is 1. The van der Waals surface area contributed by atoms with Crippen molar-refractivity contribution in [3.05, 3.63) is 64.4 Å². The van der Waals surface area contributed by atoms with Crippen LogP contribution in [0.4, 0.5) is 4.39 Å². The molecule has 0 radical (unpaired) electrons. The highest BCUT2D eigenvalue weighted by Crippen LogP contribution is 2.25. The minimum atomic E-state index is -0.679. The SMILES string of the molecule is O=C1NCCN(Cc2c(F)cccc2Cl)[C@@H]1CC(=O)N1CCOc2ccccc2C1. The zero-order chi connectivity index (χ0) is 21.1. The molecule has 2 aromatic carbocycles. The zero-order valence-corrected chi connectivity index (χ0v) is 17.2. The summed E-state index contributed by atoms with van der Waals surface area (Å²) in [7, 11) is 0. The molecule has 4 rings (SSSR count). The van der Waals surface area contributed by atoms with Crippen LogP contribution in [0.15, 0.2) is 42.5 Å². The van der Waals surface area contributed by atoms with Gasteiger partial charge in [-0.15, -0.1) is 0 Å². The highest BCUT2D eigenvalue weighted by atomic mass is 35.5. The standard InChI is InChI=1S/C22H23ClFN3O3/c23-17-5-3-6-18(24)16(17)14-26-9-8-25-22(29)19(26)12-21(28)27-10-11-30-20-7-2-1-4-15(20)13-27/h1-7,19H,8-14H2,(H,25,29)/t19-/m1/s1. The number of amides is 2. The fourth-order valence-corrected chi connectivity index (χ4v) is 4.12. The van der Waals surface area contributed by atoms with Crippen LogP contribution in [0.2, 0.25) is 5.02 Å². The minimum absolute atomic E-state index is 0.0140. The predicted molar refractivity (Wildman–Crippen MR) is 111 cm³/mol. The van der Waals surface area contributed by atoms with Gasteiger partial charge in [0, 0.05) is 42.3 Å². The number of rotatable bonds is 4. The van der Waals surface area contributed by atoms with E-state index in [9.17, 15) is 14.0 Å². The molecule has 0 aromatic heterocycles. The van der Waals surface area contributed by atoms with Gasteiger partial charge in [0.1, 0.15) is 18.2 Å². The van der Waals surface area contributed by atoms with Gasteiger partial charge in [0.15, 0.2) is 0 Å². The fraction of sp³-hybridized carbons (Fsp3) is 0.364. The quantitative estimate of drug-likeness (QED) is 0.808. The van der Waals surface area contributed by atoms with E-state index in [1.807, 2.05) is 29.2 Å². The van der Waals surface area contributed by atoms with Crippen molar-refractivity contribution in [3.63, 3.8) is 0 Å². The van der Waals surface area contributed by atoms with E-state index in [2.05, 4.69) is 5.32 Å². The molecule has 30 heavy (non-hydrogen) atoms. The van der Waals surface area contributed by atoms with Crippen molar-refractivity contribution < 1.29 is 18.7 Å². The van der Waals surface area contributed by atoms with Crippen LogP contribution < -0.4 is 10.1 Å². The Kier molecular flexibility index (Phi) is 6.20. The molecule has 1 saturated heterocycles. The molecule has 2 aromatic rings. The lowest BCUT2D eigenvalue weighted by molar-refractivity contribution is -0.139. The second-order valence-electron chi connectivity index (χ2n) is 7.45. The molecule has 1 atom stereocenters. The smallest absolute Gasteiger partial charge is 0.237 e. The van der Waals surface area contributed by atoms with Crippen molar-refractivity contribution in [2.24, 2.45) is 0 Å². The van der Waals surface area contributed by atoms with Gasteiger partial charge in [-0.3, -0.25) is 14.5 Å². The normalized spacial score (nSPS) is 19.5. The van der Waals surface area contributed by atoms with E-state index in [4.69, 9.17) is 16.3 Å². The molecule has 0 spiro atoms. The van der Waals surface area contributed by atoms with Crippen molar-refractivity contribution in [2.75, 3.05) is 26.2 Å². The van der Waals surface area contributed by atoms with Crippen LogP contribution in [0.3, 0.4) is 0 Å². The molecular weight excluding hydrogens is 409 g/mol. The van der Waals surface area contributed by atoms with Crippen molar-refractivity contribution in [2.45, 2.75) is 25.6 Å². The third kappa shape index (κ3) is 4.42. The van der Waals surface area contributed by atoms with Gasteiger partial charge in [-0.2, -0.15) is 0 Å². The van der Waals surface area contributed by atoms with E-state index in [1.165, 1.54) is 6.07 Å². The average Bonchev–Trinajstić information content (AvgIpc) is 2.95. The second-order valence-corrected chi connectivity index (χ2v) is 7.86. The number of halogens is 2. The molecular formula is C22H23ClFN3O3. The summed E-state index contributed by atoms with van der Waals surface area (Å²) in [4.78, 5) is 29.2. The lowest BCUT2D eigenvalue weighted by Crippen LogP contribution is -2.56. The molecule has 0 aliphatic carbocycles. The topological polar surface area (TPSA) is 61.9 Å². The summed E-state index contributed by atoms with van der Waals surface area (Å²) in [5.41, 5.74) is 1.27. The summed E-state index contributed by atoms with van der Waals surface area (Å²) in [6.45, 7) is 2.40. The highest BCUT2D eigenvalue weighted by molar-refractivity contribution is 6.31. The lowest BCUT2D eigenvalue weighted by Gasteiger charge is -2.35. The summed E-state index contributed by atoms with van der Waals surface area (Å²) >= 11 is 6.17. The number of carbonyl (C=O) groups is 2. The Hall–Kier alpha value is -2.64. The number of nitrogens with one attached hydrogen (secondary N) is 1. The number of piperazine rings is 1. The highest BCUT2D eigenvalue weighted by Gasteiger charge is 2.34. The van der Waals surface area contributed by atoms with Crippen LogP contribution in [0.1, 0.15) is 17.5 Å². The Morgan fingerprint density at radius 2 is 2.03 bits per heavy atom. The van der Waals surface area contributed by atoms with Crippen LogP contribution in [0.25, 0.3) is 0 Å². The van der Waals surface area contributed by atoms with E-state index in [0.717, 1.165) is 11.3 Å². The monoisotopic (exact) mass is 431 g/mol. The first-order chi connectivity index (χ1) is 14.5. The van der Waals surface area contributed by atoms with Gasteiger partial charge in [0.25, 0.3) is 0 Å². The van der Waals surface area contributed by atoms with E-state index in [0.29, 0.717) is 43.4 Å². The number of benzene rings is 2. The fourth-order valence-electron chi connectivity index (χ4n) is 3.89. The largest absolute Gasteiger partial charge is 0.491 e. The average molecular weight is 432 g/mol. The molecule has 2 aliphatic heterocycles. The molecule has 158 valence electrons. The van der Waals surface area contributed by atoms with Crippen LogP contribution in [-0.2, 0) is 22.7 Å². The first kappa shape index (κ1) is 20.6. The number of para-hydroxylation sites is 1. The predicted octanol–water partition coefficient (Wildman–Crippen LogP) is 2.59. The van der Waals surface area contributed by atoms with Gasteiger partial charge >= 0.3 is 0 Å². The van der Waals surface area contributed by atoms with Crippen molar-refractivity contribution in [1.82, 2.24) is 15.1 Å². The number of ether oxygens (including phenoxy) is 1. The number of carbonyl (C=O) groups excluding carboxylic acids is 2. The molecule has 2 amide bonds. The molecule has 0 saturated carbocycles. The van der Waals surface area contributed by atoms with Crippen molar-refractivity contribution in [1.29, 1.82) is 0 Å². The zero-order valence-electron chi connectivity index (χ0n) is 16.4. The molecule has 8 heteroatoms. The molecule has 1 fully saturated rings. The van der Waals surface area contributed by atoms with Crippen LogP contribution in [0.5, 0.6) is 5.75 Å². The van der Waals surface area contributed by atoms with Crippen LogP contribution in [0, 0.1) is 5.82 Å². The maximum absolute atomic E-state index is 14.3. The van der Waals surface area contributed by atoms with Crippen molar-refractivity contribution >= 4 is 23.4 Å². The number of hydrogen-bond acceptors (Lipinski definition) is 4. The summed E-state index contributed by atoms with van der Waals surface area (Å²) in [6.07, 6.45) is 0.0140. The number of nitrogens with zero attached hydrogens (tertiary/aromatic N) is 2. The van der Waals surface area contributed by atoms with Gasteiger partial charge < -0.3 is 15.0 Å². The third-order valence-corrected chi connectivity index (χ3v) is 5.89. The van der Waals surface area contributed by atoms with Crippen molar-refractivity contribution in [3.8, 4) is 5.75 Å². The summed E-state index contributed by atoms with van der Waals surface area (Å²) in [6, 6.07) is 11.5. The summed E-state index contributed by atoms with van der Waals surface area (Å²) in [5, 5.41) is 3.12.